The molecule has 0 aliphatic heterocycles. The van der Waals surface area contributed by atoms with Crippen molar-refractivity contribution in [3.8, 4) is 0 Å². The second-order valence-electron chi connectivity index (χ2n) is 3.67. The lowest BCUT2D eigenvalue weighted by molar-refractivity contribution is 0.0148. The van der Waals surface area contributed by atoms with Gasteiger partial charge in [-0.3, -0.25) is 0 Å². The van der Waals surface area contributed by atoms with Crippen LogP contribution in [0, 0.1) is 11.8 Å². The van der Waals surface area contributed by atoms with Crippen LogP contribution in [0.4, 0.5) is 0 Å². The molecule has 1 rings (SSSR count). The highest BCUT2D eigenvalue weighted by Gasteiger charge is 2.24. The van der Waals surface area contributed by atoms with Gasteiger partial charge in [0.2, 0.25) is 0 Å². The van der Waals surface area contributed by atoms with Gasteiger partial charge in [-0.15, -0.1) is 0 Å². The molecule has 0 saturated heterocycles. The molecule has 0 aromatic heterocycles. The quantitative estimate of drug-likeness (QED) is 0.546. The van der Waals surface area contributed by atoms with Crippen molar-refractivity contribution < 1.29 is 4.74 Å². The summed E-state index contributed by atoms with van der Waals surface area (Å²) < 4.78 is 5.37. The molecule has 1 heteroatoms. The van der Waals surface area contributed by atoms with Crippen LogP contribution in [0.1, 0.15) is 33.1 Å². The van der Waals surface area contributed by atoms with Gasteiger partial charge in [-0.25, -0.2) is 0 Å². The first-order chi connectivity index (χ1) is 4.74. The first-order valence-electron chi connectivity index (χ1n) is 4.26. The molecule has 60 valence electrons. The predicted octanol–water partition coefficient (Wildman–Crippen LogP) is 2.46. The lowest BCUT2D eigenvalue weighted by atomic mass is 9.82. The van der Waals surface area contributed by atoms with Crippen LogP contribution in [0.25, 0.3) is 0 Å². The standard InChI is InChI=1S/C9H18O/c1-7-4-5-8(2)9(6-7)10-3/h7-9H,4-6H2,1-3H3/t7-,8+,9+/m0/s1. The fourth-order valence-electron chi connectivity index (χ4n) is 1.81. The van der Waals surface area contributed by atoms with Gasteiger partial charge < -0.3 is 4.74 Å². The number of rotatable bonds is 1. The van der Waals surface area contributed by atoms with Crippen LogP contribution >= 0.6 is 0 Å². The monoisotopic (exact) mass is 142 g/mol. The number of methoxy groups -OCH3 is 1. The molecule has 0 N–H and O–H groups in total. The number of ether oxygens (including phenoxy) is 1. The van der Waals surface area contributed by atoms with Gasteiger partial charge in [0.05, 0.1) is 6.10 Å². The average Bonchev–Trinajstić information content (AvgIpc) is 1.94. The third-order valence-electron chi connectivity index (χ3n) is 2.69. The van der Waals surface area contributed by atoms with Crippen molar-refractivity contribution in [3.05, 3.63) is 0 Å². The second-order valence-corrected chi connectivity index (χ2v) is 3.67. The van der Waals surface area contributed by atoms with E-state index in [9.17, 15) is 0 Å². The van der Waals surface area contributed by atoms with E-state index in [-0.39, 0.29) is 0 Å². The first kappa shape index (κ1) is 8.06. The minimum absolute atomic E-state index is 0.531. The molecule has 0 bridgehead atoms. The van der Waals surface area contributed by atoms with Crippen molar-refractivity contribution in [3.63, 3.8) is 0 Å². The Morgan fingerprint density at radius 1 is 1.20 bits per heavy atom. The summed E-state index contributed by atoms with van der Waals surface area (Å²) in [6, 6.07) is 0. The fraction of sp³-hybridized carbons (Fsp3) is 1.00. The summed E-state index contributed by atoms with van der Waals surface area (Å²) in [5.41, 5.74) is 0. The molecule has 0 amide bonds. The number of hydrogen-bond acceptors (Lipinski definition) is 1. The van der Waals surface area contributed by atoms with E-state index >= 15 is 0 Å². The molecule has 1 aliphatic rings. The SMILES string of the molecule is CO[C@@H]1C[C@@H](C)CC[C@H]1C. The normalized spacial score (nSPS) is 41.7. The summed E-state index contributed by atoms with van der Waals surface area (Å²) in [5.74, 6) is 1.65. The zero-order valence-corrected chi connectivity index (χ0v) is 7.26. The van der Waals surface area contributed by atoms with Gasteiger partial charge in [0.1, 0.15) is 0 Å². The third-order valence-corrected chi connectivity index (χ3v) is 2.69. The molecule has 3 atom stereocenters. The topological polar surface area (TPSA) is 9.23 Å². The zero-order chi connectivity index (χ0) is 7.56. The van der Waals surface area contributed by atoms with Gasteiger partial charge in [-0.1, -0.05) is 20.3 Å². The minimum atomic E-state index is 0.531. The van der Waals surface area contributed by atoms with E-state index in [1.54, 1.807) is 0 Å². The molecule has 1 nitrogen and oxygen atoms in total. The van der Waals surface area contributed by atoms with Gasteiger partial charge in [0, 0.05) is 7.11 Å². The molecule has 0 radical (unpaired) electrons. The van der Waals surface area contributed by atoms with Crippen LogP contribution in [-0.4, -0.2) is 13.2 Å². The Labute approximate surface area is 63.8 Å². The summed E-state index contributed by atoms with van der Waals surface area (Å²) in [7, 11) is 1.83. The molecule has 0 heterocycles. The molecule has 10 heavy (non-hydrogen) atoms. The van der Waals surface area contributed by atoms with Crippen molar-refractivity contribution in [2.45, 2.75) is 39.2 Å². The molecular formula is C9H18O. The van der Waals surface area contributed by atoms with E-state index in [0.717, 1.165) is 11.8 Å². The predicted molar refractivity (Wildman–Crippen MR) is 43.0 cm³/mol. The molecule has 0 aromatic carbocycles. The first-order valence-corrected chi connectivity index (χ1v) is 4.26. The summed E-state index contributed by atoms with van der Waals surface area (Å²) in [4.78, 5) is 0. The van der Waals surface area contributed by atoms with Gasteiger partial charge in [-0.05, 0) is 24.7 Å². The van der Waals surface area contributed by atoms with E-state index in [0.29, 0.717) is 6.10 Å². The van der Waals surface area contributed by atoms with Crippen LogP contribution in [0.2, 0.25) is 0 Å². The maximum Gasteiger partial charge on any atom is 0.0599 e. The fourth-order valence-corrected chi connectivity index (χ4v) is 1.81. The van der Waals surface area contributed by atoms with Gasteiger partial charge >= 0.3 is 0 Å². The Balaban J connectivity index is 2.38. The lowest BCUT2D eigenvalue weighted by Crippen LogP contribution is -2.27. The van der Waals surface area contributed by atoms with Crippen LogP contribution in [-0.2, 0) is 4.74 Å². The summed E-state index contributed by atoms with van der Waals surface area (Å²) in [6.45, 7) is 4.61. The Kier molecular flexibility index (Phi) is 2.72. The summed E-state index contributed by atoms with van der Waals surface area (Å²) >= 11 is 0. The van der Waals surface area contributed by atoms with Gasteiger partial charge in [0.25, 0.3) is 0 Å². The minimum Gasteiger partial charge on any atom is -0.381 e. The van der Waals surface area contributed by atoms with E-state index in [2.05, 4.69) is 13.8 Å². The molecule has 1 aliphatic carbocycles. The molecule has 1 fully saturated rings. The van der Waals surface area contributed by atoms with Gasteiger partial charge in [0.15, 0.2) is 0 Å². The molecule has 0 aromatic rings. The smallest absolute Gasteiger partial charge is 0.0599 e. The highest BCUT2D eigenvalue weighted by Crippen LogP contribution is 2.29. The average molecular weight is 142 g/mol. The molecule has 0 spiro atoms. The largest absolute Gasteiger partial charge is 0.381 e. The van der Waals surface area contributed by atoms with Crippen molar-refractivity contribution in [2.75, 3.05) is 7.11 Å². The molecule has 0 unspecified atom stereocenters. The van der Waals surface area contributed by atoms with Crippen molar-refractivity contribution in [1.82, 2.24) is 0 Å². The van der Waals surface area contributed by atoms with Crippen molar-refractivity contribution >= 4 is 0 Å². The number of hydrogen-bond donors (Lipinski definition) is 0. The zero-order valence-electron chi connectivity index (χ0n) is 7.26. The van der Waals surface area contributed by atoms with E-state index < -0.39 is 0 Å². The Hall–Kier alpha value is -0.0400. The maximum atomic E-state index is 5.37. The van der Waals surface area contributed by atoms with Crippen LogP contribution in [0.15, 0.2) is 0 Å². The Morgan fingerprint density at radius 2 is 1.90 bits per heavy atom. The summed E-state index contributed by atoms with van der Waals surface area (Å²) in [5, 5.41) is 0. The highest BCUT2D eigenvalue weighted by atomic mass is 16.5. The molecule has 1 saturated carbocycles. The van der Waals surface area contributed by atoms with Crippen LogP contribution in [0.5, 0.6) is 0 Å². The summed E-state index contributed by atoms with van der Waals surface area (Å²) in [6.07, 6.45) is 4.53. The maximum absolute atomic E-state index is 5.37. The lowest BCUT2D eigenvalue weighted by Gasteiger charge is -2.31. The van der Waals surface area contributed by atoms with Crippen molar-refractivity contribution in [1.29, 1.82) is 0 Å². The second kappa shape index (κ2) is 3.38. The van der Waals surface area contributed by atoms with E-state index in [1.807, 2.05) is 7.11 Å². The molecular weight excluding hydrogens is 124 g/mol. The van der Waals surface area contributed by atoms with E-state index in [1.165, 1.54) is 19.3 Å². The highest BCUT2D eigenvalue weighted by molar-refractivity contribution is 4.75. The Morgan fingerprint density at radius 3 is 2.40 bits per heavy atom. The third kappa shape index (κ3) is 1.72. The van der Waals surface area contributed by atoms with Crippen LogP contribution in [0.3, 0.4) is 0 Å². The van der Waals surface area contributed by atoms with Gasteiger partial charge in [-0.2, -0.15) is 0 Å². The van der Waals surface area contributed by atoms with Crippen molar-refractivity contribution in [2.24, 2.45) is 11.8 Å². The van der Waals surface area contributed by atoms with E-state index in [4.69, 9.17) is 4.74 Å². The Bertz CT molecular complexity index is 101. The van der Waals surface area contributed by atoms with Crippen LogP contribution < -0.4 is 0 Å².